The van der Waals surface area contributed by atoms with Crippen LogP contribution >= 0.6 is 11.6 Å². The summed E-state index contributed by atoms with van der Waals surface area (Å²) in [6, 6.07) is 4.49. The molecule has 2 heterocycles. The molecule has 1 saturated carbocycles. The molecule has 1 atom stereocenters. The SMILES string of the molecule is Clc1cccnc1NCC1CN(C2CC2)CCO1. The summed E-state index contributed by atoms with van der Waals surface area (Å²) < 4.78 is 5.77. The van der Waals surface area contributed by atoms with E-state index in [1.54, 1.807) is 6.20 Å². The third-order valence-electron chi connectivity index (χ3n) is 3.49. The summed E-state index contributed by atoms with van der Waals surface area (Å²) in [6.07, 6.45) is 4.68. The van der Waals surface area contributed by atoms with E-state index < -0.39 is 0 Å². The number of hydrogen-bond acceptors (Lipinski definition) is 4. The van der Waals surface area contributed by atoms with Crippen molar-refractivity contribution in [3.63, 3.8) is 0 Å². The molecule has 3 rings (SSSR count). The Balaban J connectivity index is 1.52. The Morgan fingerprint density at radius 3 is 3.17 bits per heavy atom. The molecule has 0 radical (unpaired) electrons. The lowest BCUT2D eigenvalue weighted by molar-refractivity contribution is -0.0241. The quantitative estimate of drug-likeness (QED) is 0.906. The Hall–Kier alpha value is -0.840. The summed E-state index contributed by atoms with van der Waals surface area (Å²) in [6.45, 7) is 3.69. The van der Waals surface area contributed by atoms with E-state index in [-0.39, 0.29) is 6.10 Å². The first-order valence-corrected chi connectivity index (χ1v) is 6.91. The molecule has 4 nitrogen and oxygen atoms in total. The fourth-order valence-electron chi connectivity index (χ4n) is 2.36. The Kier molecular flexibility index (Phi) is 3.68. The normalized spacial score (nSPS) is 25.1. The Morgan fingerprint density at radius 2 is 2.39 bits per heavy atom. The second-order valence-corrected chi connectivity index (χ2v) is 5.34. The van der Waals surface area contributed by atoms with Crippen LogP contribution < -0.4 is 5.32 Å². The van der Waals surface area contributed by atoms with Crippen molar-refractivity contribution in [2.75, 3.05) is 31.6 Å². The van der Waals surface area contributed by atoms with Gasteiger partial charge in [-0.1, -0.05) is 11.6 Å². The summed E-state index contributed by atoms with van der Waals surface area (Å²) in [5, 5.41) is 3.93. The maximum atomic E-state index is 6.05. The fourth-order valence-corrected chi connectivity index (χ4v) is 2.55. The lowest BCUT2D eigenvalue weighted by Crippen LogP contribution is -2.46. The van der Waals surface area contributed by atoms with Gasteiger partial charge in [0.1, 0.15) is 5.82 Å². The van der Waals surface area contributed by atoms with Crippen LogP contribution in [0.3, 0.4) is 0 Å². The number of morpholine rings is 1. The molecular formula is C13H18ClN3O. The molecule has 1 saturated heterocycles. The maximum Gasteiger partial charge on any atom is 0.144 e. The van der Waals surface area contributed by atoms with Crippen molar-refractivity contribution in [2.45, 2.75) is 25.0 Å². The third kappa shape index (κ3) is 2.94. The van der Waals surface area contributed by atoms with Crippen molar-refractivity contribution >= 4 is 17.4 Å². The van der Waals surface area contributed by atoms with Gasteiger partial charge >= 0.3 is 0 Å². The highest BCUT2D eigenvalue weighted by Crippen LogP contribution is 2.28. The Bertz CT molecular complexity index is 411. The highest BCUT2D eigenvalue weighted by atomic mass is 35.5. The minimum Gasteiger partial charge on any atom is -0.374 e. The van der Waals surface area contributed by atoms with Gasteiger partial charge in [0, 0.05) is 31.9 Å². The summed E-state index contributed by atoms with van der Waals surface area (Å²) in [7, 11) is 0. The van der Waals surface area contributed by atoms with Crippen molar-refractivity contribution < 1.29 is 4.74 Å². The van der Waals surface area contributed by atoms with Crippen molar-refractivity contribution in [3.05, 3.63) is 23.4 Å². The lowest BCUT2D eigenvalue weighted by Gasteiger charge is -2.33. The predicted molar refractivity (Wildman–Crippen MR) is 72.1 cm³/mol. The summed E-state index contributed by atoms with van der Waals surface area (Å²) in [5.41, 5.74) is 0. The lowest BCUT2D eigenvalue weighted by atomic mass is 10.2. The minimum absolute atomic E-state index is 0.234. The zero-order chi connectivity index (χ0) is 12.4. The molecule has 1 aliphatic heterocycles. The van der Waals surface area contributed by atoms with Crippen LogP contribution in [-0.2, 0) is 4.74 Å². The van der Waals surface area contributed by atoms with E-state index in [9.17, 15) is 0 Å². The number of halogens is 1. The molecule has 1 aromatic heterocycles. The van der Waals surface area contributed by atoms with Crippen LogP contribution in [0.25, 0.3) is 0 Å². The zero-order valence-corrected chi connectivity index (χ0v) is 11.1. The van der Waals surface area contributed by atoms with Crippen molar-refractivity contribution in [2.24, 2.45) is 0 Å². The number of ether oxygens (including phenoxy) is 1. The number of pyridine rings is 1. The Labute approximate surface area is 112 Å². The van der Waals surface area contributed by atoms with E-state index in [1.165, 1.54) is 12.8 Å². The molecule has 0 aromatic carbocycles. The number of anilines is 1. The second kappa shape index (κ2) is 5.43. The van der Waals surface area contributed by atoms with Crippen LogP contribution in [-0.4, -0.2) is 48.3 Å². The van der Waals surface area contributed by atoms with Crippen molar-refractivity contribution in [1.29, 1.82) is 0 Å². The van der Waals surface area contributed by atoms with Gasteiger partial charge in [-0.25, -0.2) is 4.98 Å². The number of rotatable bonds is 4. The molecule has 1 N–H and O–H groups in total. The summed E-state index contributed by atoms with van der Waals surface area (Å²) in [4.78, 5) is 6.75. The topological polar surface area (TPSA) is 37.4 Å². The average Bonchev–Trinajstić information content (AvgIpc) is 3.23. The number of hydrogen-bond donors (Lipinski definition) is 1. The number of nitrogens with zero attached hydrogens (tertiary/aromatic N) is 2. The molecule has 1 aliphatic carbocycles. The van der Waals surface area contributed by atoms with Crippen LogP contribution in [0.4, 0.5) is 5.82 Å². The van der Waals surface area contributed by atoms with Gasteiger partial charge in [-0.15, -0.1) is 0 Å². The van der Waals surface area contributed by atoms with Crippen LogP contribution in [0.2, 0.25) is 5.02 Å². The van der Waals surface area contributed by atoms with E-state index in [1.807, 2.05) is 12.1 Å². The summed E-state index contributed by atoms with van der Waals surface area (Å²) in [5.74, 6) is 0.742. The number of aromatic nitrogens is 1. The standard InChI is InChI=1S/C13H18ClN3O/c14-12-2-1-5-15-13(12)16-8-11-9-17(6-7-18-11)10-3-4-10/h1-2,5,10-11H,3-4,6-9H2,(H,15,16). The molecule has 2 aliphatic rings. The van der Waals surface area contributed by atoms with Crippen LogP contribution in [0.15, 0.2) is 18.3 Å². The van der Waals surface area contributed by atoms with Gasteiger partial charge in [-0.3, -0.25) is 4.90 Å². The monoisotopic (exact) mass is 267 g/mol. The van der Waals surface area contributed by atoms with Crippen molar-refractivity contribution in [1.82, 2.24) is 9.88 Å². The zero-order valence-electron chi connectivity index (χ0n) is 10.3. The van der Waals surface area contributed by atoms with Gasteiger partial charge in [0.25, 0.3) is 0 Å². The van der Waals surface area contributed by atoms with Crippen LogP contribution in [0, 0.1) is 0 Å². The Morgan fingerprint density at radius 1 is 1.50 bits per heavy atom. The van der Waals surface area contributed by atoms with Gasteiger partial charge in [-0.2, -0.15) is 0 Å². The van der Waals surface area contributed by atoms with Gasteiger partial charge in [0.05, 0.1) is 17.7 Å². The number of nitrogens with one attached hydrogen (secondary N) is 1. The van der Waals surface area contributed by atoms with Gasteiger partial charge in [0.15, 0.2) is 0 Å². The first-order valence-electron chi connectivity index (χ1n) is 6.53. The first-order chi connectivity index (χ1) is 8.83. The minimum atomic E-state index is 0.234. The van der Waals surface area contributed by atoms with Crippen LogP contribution in [0.1, 0.15) is 12.8 Å². The molecule has 98 valence electrons. The molecule has 0 spiro atoms. The van der Waals surface area contributed by atoms with E-state index in [2.05, 4.69) is 15.2 Å². The molecule has 5 heteroatoms. The largest absolute Gasteiger partial charge is 0.374 e. The van der Waals surface area contributed by atoms with E-state index >= 15 is 0 Å². The van der Waals surface area contributed by atoms with E-state index in [4.69, 9.17) is 16.3 Å². The smallest absolute Gasteiger partial charge is 0.144 e. The second-order valence-electron chi connectivity index (χ2n) is 4.93. The molecular weight excluding hydrogens is 250 g/mol. The molecule has 1 aromatic rings. The fraction of sp³-hybridized carbons (Fsp3) is 0.615. The predicted octanol–water partition coefficient (Wildman–Crippen LogP) is 2.01. The molecule has 0 amide bonds. The molecule has 1 unspecified atom stereocenters. The van der Waals surface area contributed by atoms with Gasteiger partial charge in [0.2, 0.25) is 0 Å². The van der Waals surface area contributed by atoms with Crippen molar-refractivity contribution in [3.8, 4) is 0 Å². The van der Waals surface area contributed by atoms with Gasteiger partial charge < -0.3 is 10.1 Å². The molecule has 18 heavy (non-hydrogen) atoms. The molecule has 0 bridgehead atoms. The summed E-state index contributed by atoms with van der Waals surface area (Å²) >= 11 is 6.05. The maximum absolute atomic E-state index is 6.05. The van der Waals surface area contributed by atoms with E-state index in [0.717, 1.165) is 38.1 Å². The first kappa shape index (κ1) is 12.2. The molecule has 2 fully saturated rings. The highest BCUT2D eigenvalue weighted by molar-refractivity contribution is 6.32. The average molecular weight is 268 g/mol. The third-order valence-corrected chi connectivity index (χ3v) is 3.79. The van der Waals surface area contributed by atoms with E-state index in [0.29, 0.717) is 5.02 Å². The van der Waals surface area contributed by atoms with Gasteiger partial charge in [-0.05, 0) is 25.0 Å². The van der Waals surface area contributed by atoms with Crippen LogP contribution in [0.5, 0.6) is 0 Å². The highest BCUT2D eigenvalue weighted by Gasteiger charge is 2.32.